The van der Waals surface area contributed by atoms with E-state index < -0.39 is 0 Å². The summed E-state index contributed by atoms with van der Waals surface area (Å²) in [6, 6.07) is 11.0. The molecule has 142 valence electrons. The maximum atomic E-state index is 12.1. The van der Waals surface area contributed by atoms with Gasteiger partial charge >= 0.3 is 0 Å². The molecule has 3 rings (SSSR count). The molecule has 1 aliphatic rings. The van der Waals surface area contributed by atoms with Crippen molar-refractivity contribution in [3.63, 3.8) is 0 Å². The van der Waals surface area contributed by atoms with Crippen LogP contribution in [0.4, 0.5) is 11.5 Å². The number of nitrogens with one attached hydrogen (secondary N) is 1. The van der Waals surface area contributed by atoms with Crippen LogP contribution in [0.1, 0.15) is 35.7 Å². The predicted molar refractivity (Wildman–Crippen MR) is 111 cm³/mol. The van der Waals surface area contributed by atoms with Gasteiger partial charge in [0.2, 0.25) is 0 Å². The number of carbonyl (C=O) groups excluding carboxylic acids is 1. The second kappa shape index (κ2) is 10.2. The van der Waals surface area contributed by atoms with E-state index in [1.165, 1.54) is 12.8 Å². The van der Waals surface area contributed by atoms with Gasteiger partial charge in [0, 0.05) is 37.1 Å². The number of carbonyl (C=O) groups is 1. The van der Waals surface area contributed by atoms with Crippen LogP contribution >= 0.6 is 24.8 Å². The number of anilines is 2. The summed E-state index contributed by atoms with van der Waals surface area (Å²) in [7, 11) is 0. The quantitative estimate of drug-likeness (QED) is 0.773. The third-order valence-corrected chi connectivity index (χ3v) is 4.52. The Kier molecular flexibility index (Phi) is 8.69. The Balaban J connectivity index is 0.00000169. The van der Waals surface area contributed by atoms with E-state index in [1.54, 1.807) is 24.3 Å². The second-order valence-corrected chi connectivity index (χ2v) is 6.50. The summed E-state index contributed by atoms with van der Waals surface area (Å²) in [5.41, 5.74) is 7.85. The molecular weight excluding hydrogens is 371 g/mol. The topological polar surface area (TPSA) is 71.2 Å². The Morgan fingerprint density at radius 3 is 2.58 bits per heavy atom. The van der Waals surface area contributed by atoms with Gasteiger partial charge in [-0.05, 0) is 48.6 Å². The van der Waals surface area contributed by atoms with Crippen LogP contribution in [0.5, 0.6) is 0 Å². The molecule has 0 spiro atoms. The molecule has 1 saturated heterocycles. The lowest BCUT2D eigenvalue weighted by molar-refractivity contribution is 0.0951. The summed E-state index contributed by atoms with van der Waals surface area (Å²) in [6.45, 7) is 4.90. The van der Waals surface area contributed by atoms with Gasteiger partial charge in [0.05, 0.1) is 0 Å². The number of rotatable bonds is 4. The number of aromatic nitrogens is 1. The average Bonchev–Trinajstić information content (AvgIpc) is 2.61. The molecule has 0 radical (unpaired) electrons. The number of hydrogen-bond acceptors (Lipinski definition) is 4. The highest BCUT2D eigenvalue weighted by atomic mass is 35.5. The zero-order valence-electron chi connectivity index (χ0n) is 14.9. The SMILES string of the molecule is CC1CCN(c2ccc(CNC(=O)c3cccc(N)c3)cn2)CC1.Cl.Cl. The average molecular weight is 397 g/mol. The van der Waals surface area contributed by atoms with E-state index in [-0.39, 0.29) is 30.7 Å². The highest BCUT2D eigenvalue weighted by Gasteiger charge is 2.16. The molecule has 1 aromatic carbocycles. The highest BCUT2D eigenvalue weighted by Crippen LogP contribution is 2.21. The summed E-state index contributed by atoms with van der Waals surface area (Å²) in [6.07, 6.45) is 4.28. The van der Waals surface area contributed by atoms with Crippen LogP contribution in [0, 0.1) is 5.92 Å². The maximum absolute atomic E-state index is 12.1. The zero-order valence-corrected chi connectivity index (χ0v) is 16.5. The third-order valence-electron chi connectivity index (χ3n) is 4.52. The fourth-order valence-electron chi connectivity index (χ4n) is 2.91. The number of pyridine rings is 1. The number of halogens is 2. The molecule has 0 saturated carbocycles. The Morgan fingerprint density at radius 2 is 1.96 bits per heavy atom. The molecule has 1 aliphatic heterocycles. The maximum Gasteiger partial charge on any atom is 0.251 e. The van der Waals surface area contributed by atoms with Crippen molar-refractivity contribution in [2.75, 3.05) is 23.7 Å². The van der Waals surface area contributed by atoms with Crippen LogP contribution in [0.3, 0.4) is 0 Å². The van der Waals surface area contributed by atoms with Crippen molar-refractivity contribution in [3.05, 3.63) is 53.7 Å². The molecular formula is C19H26Cl2N4O. The Hall–Kier alpha value is -1.98. The fraction of sp³-hybridized carbons (Fsp3) is 0.368. The first-order chi connectivity index (χ1) is 11.6. The minimum Gasteiger partial charge on any atom is -0.399 e. The first kappa shape index (κ1) is 22.1. The summed E-state index contributed by atoms with van der Waals surface area (Å²) in [5.74, 6) is 1.70. The standard InChI is InChI=1S/C19H24N4O.2ClH/c1-14-7-9-23(10-8-14)18-6-5-15(12-21-18)13-22-19(24)16-3-2-4-17(20)11-16;;/h2-6,11-12,14H,7-10,13,20H2,1H3,(H,22,24);2*1H. The molecule has 0 unspecified atom stereocenters. The first-order valence-electron chi connectivity index (χ1n) is 8.45. The number of piperidine rings is 1. The van der Waals surface area contributed by atoms with Gasteiger partial charge in [-0.1, -0.05) is 19.1 Å². The molecule has 0 bridgehead atoms. The molecule has 1 amide bonds. The molecule has 1 fully saturated rings. The van der Waals surface area contributed by atoms with E-state index in [4.69, 9.17) is 5.73 Å². The van der Waals surface area contributed by atoms with E-state index in [1.807, 2.05) is 18.3 Å². The Labute approximate surface area is 167 Å². The number of nitrogens with two attached hydrogens (primary N) is 1. The van der Waals surface area contributed by atoms with Crippen molar-refractivity contribution < 1.29 is 4.79 Å². The normalized spacial score (nSPS) is 14.1. The van der Waals surface area contributed by atoms with Crippen LogP contribution in [0.2, 0.25) is 0 Å². The minimum absolute atomic E-state index is 0. The van der Waals surface area contributed by atoms with Gasteiger partial charge in [-0.2, -0.15) is 0 Å². The predicted octanol–water partition coefficient (Wildman–Crippen LogP) is 3.67. The molecule has 7 heteroatoms. The van der Waals surface area contributed by atoms with Gasteiger partial charge in [0.1, 0.15) is 5.82 Å². The largest absolute Gasteiger partial charge is 0.399 e. The highest BCUT2D eigenvalue weighted by molar-refractivity contribution is 5.94. The number of amides is 1. The van der Waals surface area contributed by atoms with Gasteiger partial charge < -0.3 is 16.0 Å². The number of hydrogen-bond donors (Lipinski definition) is 2. The molecule has 0 aliphatic carbocycles. The van der Waals surface area contributed by atoms with Crippen LogP contribution in [-0.2, 0) is 6.54 Å². The lowest BCUT2D eigenvalue weighted by Crippen LogP contribution is -2.33. The summed E-state index contributed by atoms with van der Waals surface area (Å²) in [4.78, 5) is 19.0. The van der Waals surface area contributed by atoms with Gasteiger partial charge in [0.25, 0.3) is 5.91 Å². The van der Waals surface area contributed by atoms with Gasteiger partial charge in [0.15, 0.2) is 0 Å². The van der Waals surface area contributed by atoms with Gasteiger partial charge in [-0.15, -0.1) is 24.8 Å². The smallest absolute Gasteiger partial charge is 0.251 e. The van der Waals surface area contributed by atoms with Crippen LogP contribution in [-0.4, -0.2) is 24.0 Å². The summed E-state index contributed by atoms with van der Waals surface area (Å²) >= 11 is 0. The van der Waals surface area contributed by atoms with Crippen molar-refractivity contribution in [2.45, 2.75) is 26.3 Å². The lowest BCUT2D eigenvalue weighted by Gasteiger charge is -2.31. The van der Waals surface area contributed by atoms with Crippen LogP contribution in [0.15, 0.2) is 42.6 Å². The summed E-state index contributed by atoms with van der Waals surface area (Å²) < 4.78 is 0. The summed E-state index contributed by atoms with van der Waals surface area (Å²) in [5, 5.41) is 2.90. The number of benzene rings is 1. The van der Waals surface area contributed by atoms with Crippen molar-refractivity contribution in [1.82, 2.24) is 10.3 Å². The van der Waals surface area contributed by atoms with E-state index in [0.717, 1.165) is 30.4 Å². The van der Waals surface area contributed by atoms with Crippen molar-refractivity contribution in [2.24, 2.45) is 5.92 Å². The monoisotopic (exact) mass is 396 g/mol. The van der Waals surface area contributed by atoms with Crippen molar-refractivity contribution >= 4 is 42.2 Å². The van der Waals surface area contributed by atoms with E-state index in [0.29, 0.717) is 17.8 Å². The molecule has 2 heterocycles. The molecule has 0 atom stereocenters. The van der Waals surface area contributed by atoms with Gasteiger partial charge in [-0.25, -0.2) is 4.98 Å². The first-order valence-corrected chi connectivity index (χ1v) is 8.45. The van der Waals surface area contributed by atoms with Crippen LogP contribution < -0.4 is 16.0 Å². The van der Waals surface area contributed by atoms with Crippen molar-refractivity contribution in [1.29, 1.82) is 0 Å². The third kappa shape index (κ3) is 5.78. The van der Waals surface area contributed by atoms with Gasteiger partial charge in [-0.3, -0.25) is 4.79 Å². The zero-order chi connectivity index (χ0) is 16.9. The Bertz CT molecular complexity index is 701. The number of nitrogen functional groups attached to an aromatic ring is 1. The van der Waals surface area contributed by atoms with E-state index in [2.05, 4.69) is 22.1 Å². The second-order valence-electron chi connectivity index (χ2n) is 6.50. The molecule has 26 heavy (non-hydrogen) atoms. The fourth-order valence-corrected chi connectivity index (χ4v) is 2.91. The van der Waals surface area contributed by atoms with Crippen LogP contribution in [0.25, 0.3) is 0 Å². The molecule has 5 nitrogen and oxygen atoms in total. The molecule has 3 N–H and O–H groups in total. The van der Waals surface area contributed by atoms with E-state index >= 15 is 0 Å². The lowest BCUT2D eigenvalue weighted by atomic mass is 9.99. The van der Waals surface area contributed by atoms with Crippen molar-refractivity contribution in [3.8, 4) is 0 Å². The number of nitrogens with zero attached hydrogens (tertiary/aromatic N) is 2. The molecule has 1 aromatic heterocycles. The van der Waals surface area contributed by atoms with E-state index in [9.17, 15) is 4.79 Å². The Morgan fingerprint density at radius 1 is 1.23 bits per heavy atom. The minimum atomic E-state index is -0.128. The molecule has 2 aromatic rings.